The number of likely N-dealkylation sites (tertiary alicyclic amines) is 1. The fraction of sp³-hybridized carbons (Fsp3) is 0.692. The van der Waals surface area contributed by atoms with Gasteiger partial charge in [-0.1, -0.05) is 0 Å². The number of aromatic nitrogens is 2. The van der Waals surface area contributed by atoms with E-state index in [0.717, 1.165) is 31.0 Å². The van der Waals surface area contributed by atoms with Crippen molar-refractivity contribution in [3.8, 4) is 5.88 Å². The Hall–Kier alpha value is -1.36. The van der Waals surface area contributed by atoms with Gasteiger partial charge in [-0.25, -0.2) is 4.98 Å². The van der Waals surface area contributed by atoms with Crippen molar-refractivity contribution >= 4 is 5.82 Å². The summed E-state index contributed by atoms with van der Waals surface area (Å²) < 4.78 is 5.16. The Labute approximate surface area is 109 Å². The van der Waals surface area contributed by atoms with E-state index in [1.807, 2.05) is 13.0 Å². The van der Waals surface area contributed by atoms with Crippen LogP contribution in [0.1, 0.15) is 25.6 Å². The standard InChI is InChI=1S/C13H22N4O/c1-9-7-11(5-6-17(9)3)16-12-8-13(18-4)15-10(2)14-12/h8-9,11H,5-7H2,1-4H3,(H,14,15,16). The van der Waals surface area contributed by atoms with Crippen LogP contribution in [0.15, 0.2) is 6.07 Å². The van der Waals surface area contributed by atoms with Gasteiger partial charge in [-0.2, -0.15) is 4.98 Å². The summed E-state index contributed by atoms with van der Waals surface area (Å²) in [5, 5.41) is 3.49. The molecule has 0 spiro atoms. The van der Waals surface area contributed by atoms with Gasteiger partial charge in [0.25, 0.3) is 0 Å². The minimum absolute atomic E-state index is 0.482. The van der Waals surface area contributed by atoms with E-state index in [1.54, 1.807) is 7.11 Å². The van der Waals surface area contributed by atoms with Gasteiger partial charge < -0.3 is 15.0 Å². The minimum Gasteiger partial charge on any atom is -0.481 e. The maximum atomic E-state index is 5.16. The van der Waals surface area contributed by atoms with Crippen LogP contribution < -0.4 is 10.1 Å². The van der Waals surface area contributed by atoms with E-state index >= 15 is 0 Å². The van der Waals surface area contributed by atoms with E-state index in [4.69, 9.17) is 4.74 Å². The molecule has 100 valence electrons. The molecule has 1 aromatic heterocycles. The first-order valence-electron chi connectivity index (χ1n) is 6.45. The van der Waals surface area contributed by atoms with Gasteiger partial charge >= 0.3 is 0 Å². The van der Waals surface area contributed by atoms with Gasteiger partial charge in [0, 0.05) is 24.7 Å². The van der Waals surface area contributed by atoms with Gasteiger partial charge in [-0.3, -0.25) is 0 Å². The molecule has 0 saturated carbocycles. The highest BCUT2D eigenvalue weighted by Crippen LogP contribution is 2.20. The highest BCUT2D eigenvalue weighted by atomic mass is 16.5. The Morgan fingerprint density at radius 1 is 1.44 bits per heavy atom. The predicted molar refractivity (Wildman–Crippen MR) is 72.1 cm³/mol. The number of rotatable bonds is 3. The second-order valence-corrected chi connectivity index (χ2v) is 5.04. The van der Waals surface area contributed by atoms with Crippen molar-refractivity contribution in [3.05, 3.63) is 11.9 Å². The van der Waals surface area contributed by atoms with Crippen molar-refractivity contribution in [1.82, 2.24) is 14.9 Å². The van der Waals surface area contributed by atoms with Crippen LogP contribution in [0.3, 0.4) is 0 Å². The first-order chi connectivity index (χ1) is 8.58. The number of ether oxygens (including phenoxy) is 1. The predicted octanol–water partition coefficient (Wildman–Crippen LogP) is 1.69. The van der Waals surface area contributed by atoms with Crippen LogP contribution in [0, 0.1) is 6.92 Å². The third-order valence-corrected chi connectivity index (χ3v) is 3.58. The fourth-order valence-corrected chi connectivity index (χ4v) is 2.35. The third-order valence-electron chi connectivity index (χ3n) is 3.58. The molecule has 1 aliphatic heterocycles. The highest BCUT2D eigenvalue weighted by molar-refractivity contribution is 5.39. The van der Waals surface area contributed by atoms with E-state index in [9.17, 15) is 0 Å². The van der Waals surface area contributed by atoms with Gasteiger partial charge in [0.1, 0.15) is 11.6 Å². The quantitative estimate of drug-likeness (QED) is 0.884. The minimum atomic E-state index is 0.482. The van der Waals surface area contributed by atoms with Gasteiger partial charge in [-0.15, -0.1) is 0 Å². The van der Waals surface area contributed by atoms with Crippen molar-refractivity contribution in [2.45, 2.75) is 38.8 Å². The normalized spacial score (nSPS) is 24.9. The molecule has 2 heterocycles. The molecule has 2 rings (SSSR count). The van der Waals surface area contributed by atoms with Crippen LogP contribution in [-0.4, -0.2) is 47.7 Å². The first kappa shape index (κ1) is 13.1. The average Bonchev–Trinajstić information content (AvgIpc) is 2.33. The molecule has 18 heavy (non-hydrogen) atoms. The van der Waals surface area contributed by atoms with Crippen LogP contribution in [0.25, 0.3) is 0 Å². The maximum Gasteiger partial charge on any atom is 0.218 e. The fourth-order valence-electron chi connectivity index (χ4n) is 2.35. The maximum absolute atomic E-state index is 5.16. The largest absolute Gasteiger partial charge is 0.481 e. The van der Waals surface area contributed by atoms with E-state index in [1.165, 1.54) is 0 Å². The van der Waals surface area contributed by atoms with E-state index in [2.05, 4.69) is 34.2 Å². The van der Waals surface area contributed by atoms with Crippen LogP contribution in [0.5, 0.6) is 5.88 Å². The molecule has 0 radical (unpaired) electrons. The molecule has 5 heteroatoms. The molecule has 5 nitrogen and oxygen atoms in total. The zero-order chi connectivity index (χ0) is 13.1. The molecule has 1 saturated heterocycles. The summed E-state index contributed by atoms with van der Waals surface area (Å²) in [7, 11) is 3.81. The van der Waals surface area contributed by atoms with Crippen molar-refractivity contribution in [1.29, 1.82) is 0 Å². The van der Waals surface area contributed by atoms with Crippen molar-refractivity contribution in [2.75, 3.05) is 26.0 Å². The smallest absolute Gasteiger partial charge is 0.218 e. The van der Waals surface area contributed by atoms with Gasteiger partial charge in [-0.05, 0) is 33.7 Å². The molecule has 0 aliphatic carbocycles. The summed E-state index contributed by atoms with van der Waals surface area (Å²) in [6.45, 7) is 5.27. The number of nitrogens with zero attached hydrogens (tertiary/aromatic N) is 3. The molecule has 0 bridgehead atoms. The number of hydrogen-bond donors (Lipinski definition) is 1. The topological polar surface area (TPSA) is 50.3 Å². The zero-order valence-corrected chi connectivity index (χ0v) is 11.6. The molecule has 2 atom stereocenters. The summed E-state index contributed by atoms with van der Waals surface area (Å²) in [5.74, 6) is 2.21. The summed E-state index contributed by atoms with van der Waals surface area (Å²) in [6.07, 6.45) is 2.29. The lowest BCUT2D eigenvalue weighted by atomic mass is 9.99. The number of nitrogens with one attached hydrogen (secondary N) is 1. The Balaban J connectivity index is 2.03. The average molecular weight is 250 g/mol. The van der Waals surface area contributed by atoms with E-state index in [-0.39, 0.29) is 0 Å². The zero-order valence-electron chi connectivity index (χ0n) is 11.6. The molecule has 2 unspecified atom stereocenters. The summed E-state index contributed by atoms with van der Waals surface area (Å²) in [6, 6.07) is 2.95. The Morgan fingerprint density at radius 2 is 2.22 bits per heavy atom. The summed E-state index contributed by atoms with van der Waals surface area (Å²) in [5.41, 5.74) is 0. The number of piperidine rings is 1. The third kappa shape index (κ3) is 3.10. The first-order valence-corrected chi connectivity index (χ1v) is 6.45. The Bertz CT molecular complexity index is 410. The number of hydrogen-bond acceptors (Lipinski definition) is 5. The van der Waals surface area contributed by atoms with E-state index in [0.29, 0.717) is 18.0 Å². The lowest BCUT2D eigenvalue weighted by molar-refractivity contribution is 0.190. The van der Waals surface area contributed by atoms with Crippen LogP contribution >= 0.6 is 0 Å². The molecule has 1 fully saturated rings. The number of methoxy groups -OCH3 is 1. The lowest BCUT2D eigenvalue weighted by Gasteiger charge is -2.35. The summed E-state index contributed by atoms with van der Waals surface area (Å²) >= 11 is 0. The van der Waals surface area contributed by atoms with E-state index < -0.39 is 0 Å². The van der Waals surface area contributed by atoms with Crippen molar-refractivity contribution < 1.29 is 4.74 Å². The van der Waals surface area contributed by atoms with Crippen LogP contribution in [-0.2, 0) is 0 Å². The lowest BCUT2D eigenvalue weighted by Crippen LogP contribution is -2.42. The molecule has 1 aromatic rings. The van der Waals surface area contributed by atoms with Crippen molar-refractivity contribution in [2.24, 2.45) is 0 Å². The molecule has 1 N–H and O–H groups in total. The molecule has 0 amide bonds. The Morgan fingerprint density at radius 3 is 2.89 bits per heavy atom. The van der Waals surface area contributed by atoms with Gasteiger partial charge in [0.05, 0.1) is 7.11 Å². The SMILES string of the molecule is COc1cc(NC2CCN(C)C(C)C2)nc(C)n1. The van der Waals surface area contributed by atoms with Crippen molar-refractivity contribution in [3.63, 3.8) is 0 Å². The van der Waals surface area contributed by atoms with Gasteiger partial charge in [0.15, 0.2) is 0 Å². The van der Waals surface area contributed by atoms with Crippen LogP contribution in [0.2, 0.25) is 0 Å². The number of aryl methyl sites for hydroxylation is 1. The van der Waals surface area contributed by atoms with Gasteiger partial charge in [0.2, 0.25) is 5.88 Å². The van der Waals surface area contributed by atoms with Crippen LogP contribution in [0.4, 0.5) is 5.82 Å². The molecule has 1 aliphatic rings. The molecular weight excluding hydrogens is 228 g/mol. The summed E-state index contributed by atoms with van der Waals surface area (Å²) in [4.78, 5) is 11.0. The number of anilines is 1. The second kappa shape index (κ2) is 5.52. The Kier molecular flexibility index (Phi) is 4.01. The molecule has 0 aromatic carbocycles. The monoisotopic (exact) mass is 250 g/mol. The molecular formula is C13H22N4O. The highest BCUT2D eigenvalue weighted by Gasteiger charge is 2.22. The second-order valence-electron chi connectivity index (χ2n) is 5.04.